The Balaban J connectivity index is 1.70. The van der Waals surface area contributed by atoms with Gasteiger partial charge in [0.15, 0.2) is 0 Å². The van der Waals surface area contributed by atoms with Crippen molar-refractivity contribution in [3.63, 3.8) is 0 Å². The van der Waals surface area contributed by atoms with Crippen LogP contribution >= 0.6 is 0 Å². The summed E-state index contributed by atoms with van der Waals surface area (Å²) in [6, 6.07) is 15.5. The number of rotatable bonds is 5. The largest absolute Gasteiger partial charge is 0.497 e. The molecule has 0 saturated carbocycles. The van der Waals surface area contributed by atoms with Crippen molar-refractivity contribution in [1.82, 2.24) is 10.2 Å². The normalized spacial score (nSPS) is 18.7. The van der Waals surface area contributed by atoms with Crippen molar-refractivity contribution in [2.45, 2.75) is 18.6 Å². The molecule has 142 valence electrons. The number of methoxy groups -OCH3 is 1. The van der Waals surface area contributed by atoms with Gasteiger partial charge < -0.3 is 25.0 Å². The third-order valence-electron chi connectivity index (χ3n) is 4.46. The minimum atomic E-state index is -0.582. The predicted molar refractivity (Wildman–Crippen MR) is 102 cm³/mol. The van der Waals surface area contributed by atoms with Crippen molar-refractivity contribution < 1.29 is 19.1 Å². The molecule has 3 amide bonds. The van der Waals surface area contributed by atoms with Gasteiger partial charge in [0.25, 0.3) is 0 Å². The van der Waals surface area contributed by atoms with E-state index >= 15 is 0 Å². The summed E-state index contributed by atoms with van der Waals surface area (Å²) < 4.78 is 11.1. The number of carbonyl (C=O) groups excluding carboxylic acids is 2. The van der Waals surface area contributed by atoms with Crippen LogP contribution in [0.4, 0.5) is 10.5 Å². The van der Waals surface area contributed by atoms with Crippen molar-refractivity contribution in [2.24, 2.45) is 0 Å². The first-order valence-corrected chi connectivity index (χ1v) is 8.75. The van der Waals surface area contributed by atoms with Gasteiger partial charge in [-0.25, -0.2) is 4.79 Å². The maximum absolute atomic E-state index is 12.7. The zero-order chi connectivity index (χ0) is 19.2. The van der Waals surface area contributed by atoms with Gasteiger partial charge in [-0.15, -0.1) is 0 Å². The van der Waals surface area contributed by atoms with E-state index in [4.69, 9.17) is 9.47 Å². The van der Waals surface area contributed by atoms with Crippen LogP contribution in [0.2, 0.25) is 0 Å². The van der Waals surface area contributed by atoms with Gasteiger partial charge in [0, 0.05) is 19.2 Å². The fraction of sp³-hybridized carbons (Fsp3) is 0.300. The van der Waals surface area contributed by atoms with E-state index in [2.05, 4.69) is 10.6 Å². The van der Waals surface area contributed by atoms with Crippen molar-refractivity contribution in [3.8, 4) is 11.5 Å². The Morgan fingerprint density at radius 3 is 2.37 bits per heavy atom. The molecular weight excluding hydrogens is 346 g/mol. The van der Waals surface area contributed by atoms with Crippen LogP contribution in [0, 0.1) is 0 Å². The fourth-order valence-corrected chi connectivity index (χ4v) is 3.08. The van der Waals surface area contributed by atoms with Crippen LogP contribution in [-0.4, -0.2) is 49.7 Å². The number of ether oxygens (including phenoxy) is 2. The molecular formula is C20H23N3O4. The number of carbonyl (C=O) groups is 2. The van der Waals surface area contributed by atoms with E-state index in [-0.39, 0.29) is 18.0 Å². The molecule has 1 fully saturated rings. The second kappa shape index (κ2) is 8.44. The second-order valence-electron chi connectivity index (χ2n) is 6.23. The van der Waals surface area contributed by atoms with Gasteiger partial charge in [0.1, 0.15) is 23.6 Å². The van der Waals surface area contributed by atoms with Crippen LogP contribution in [0.1, 0.15) is 6.42 Å². The highest BCUT2D eigenvalue weighted by atomic mass is 16.5. The van der Waals surface area contributed by atoms with Gasteiger partial charge in [0.05, 0.1) is 13.7 Å². The molecule has 0 aliphatic carbocycles. The van der Waals surface area contributed by atoms with Crippen molar-refractivity contribution in [1.29, 1.82) is 0 Å². The summed E-state index contributed by atoms with van der Waals surface area (Å²) >= 11 is 0. The number of para-hydroxylation sites is 1. The Bertz CT molecular complexity index is 780. The summed E-state index contributed by atoms with van der Waals surface area (Å²) in [5.74, 6) is 1.21. The average molecular weight is 369 g/mol. The molecule has 0 aromatic heterocycles. The molecule has 1 heterocycles. The minimum Gasteiger partial charge on any atom is -0.497 e. The molecule has 2 N–H and O–H groups in total. The lowest BCUT2D eigenvalue weighted by atomic mass is 10.2. The first-order valence-electron chi connectivity index (χ1n) is 8.75. The van der Waals surface area contributed by atoms with Crippen LogP contribution < -0.4 is 20.1 Å². The number of amides is 3. The van der Waals surface area contributed by atoms with Crippen molar-refractivity contribution in [2.75, 3.05) is 26.0 Å². The number of hydrogen-bond donors (Lipinski definition) is 2. The van der Waals surface area contributed by atoms with Gasteiger partial charge in [-0.1, -0.05) is 18.2 Å². The molecule has 1 aliphatic rings. The average Bonchev–Trinajstić information content (AvgIpc) is 3.12. The topological polar surface area (TPSA) is 79.9 Å². The van der Waals surface area contributed by atoms with Crippen LogP contribution in [0.25, 0.3) is 0 Å². The second-order valence-corrected chi connectivity index (χ2v) is 6.23. The molecule has 2 aromatic carbocycles. The van der Waals surface area contributed by atoms with E-state index in [9.17, 15) is 9.59 Å². The summed E-state index contributed by atoms with van der Waals surface area (Å²) in [5.41, 5.74) is 0.629. The number of likely N-dealkylation sites (tertiary alicyclic amines) is 1. The van der Waals surface area contributed by atoms with Gasteiger partial charge in [-0.05, 0) is 36.4 Å². The quantitative estimate of drug-likeness (QED) is 0.849. The van der Waals surface area contributed by atoms with Gasteiger partial charge in [0.2, 0.25) is 5.91 Å². The molecule has 7 nitrogen and oxygen atoms in total. The number of nitrogens with one attached hydrogen (secondary N) is 2. The van der Waals surface area contributed by atoms with E-state index in [1.807, 2.05) is 30.3 Å². The molecule has 7 heteroatoms. The van der Waals surface area contributed by atoms with E-state index in [1.54, 1.807) is 38.4 Å². The molecule has 1 saturated heterocycles. The van der Waals surface area contributed by atoms with E-state index < -0.39 is 6.04 Å². The Kier molecular flexibility index (Phi) is 5.80. The number of benzene rings is 2. The van der Waals surface area contributed by atoms with Crippen LogP contribution in [-0.2, 0) is 4.79 Å². The highest BCUT2D eigenvalue weighted by Crippen LogP contribution is 2.24. The summed E-state index contributed by atoms with van der Waals surface area (Å²) in [6.45, 7) is 0.328. The highest BCUT2D eigenvalue weighted by Gasteiger charge is 2.40. The molecule has 0 radical (unpaired) electrons. The third kappa shape index (κ3) is 4.49. The number of anilines is 1. The molecule has 0 unspecified atom stereocenters. The maximum atomic E-state index is 12.7. The molecule has 3 rings (SSSR count). The Hall–Kier alpha value is -3.22. The highest BCUT2D eigenvalue weighted by molar-refractivity contribution is 5.94. The Morgan fingerprint density at radius 2 is 1.74 bits per heavy atom. The summed E-state index contributed by atoms with van der Waals surface area (Å²) in [6.07, 6.45) is 0.182. The standard InChI is InChI=1S/C20H23N3O4/c1-21-19(24)18-12-17(27-16-6-4-3-5-7-16)13-23(18)20(25)22-14-8-10-15(26-2)11-9-14/h3-11,17-18H,12-13H2,1-2H3,(H,21,24)(H,22,25)/t17-,18+/m0/s1. The van der Waals surface area contributed by atoms with E-state index in [1.165, 1.54) is 4.90 Å². The summed E-state index contributed by atoms with van der Waals surface area (Å²) in [4.78, 5) is 26.5. The number of hydrogen-bond acceptors (Lipinski definition) is 4. The first-order chi connectivity index (χ1) is 13.1. The zero-order valence-corrected chi connectivity index (χ0v) is 15.3. The lowest BCUT2D eigenvalue weighted by Crippen LogP contribution is -2.46. The lowest BCUT2D eigenvalue weighted by molar-refractivity contribution is -0.124. The fourth-order valence-electron chi connectivity index (χ4n) is 3.08. The molecule has 2 atom stereocenters. The van der Waals surface area contributed by atoms with E-state index in [0.29, 0.717) is 24.4 Å². The first kappa shape index (κ1) is 18.6. The maximum Gasteiger partial charge on any atom is 0.322 e. The molecule has 1 aliphatic heterocycles. The monoisotopic (exact) mass is 369 g/mol. The Labute approximate surface area is 158 Å². The molecule has 2 aromatic rings. The number of urea groups is 1. The van der Waals surface area contributed by atoms with Gasteiger partial charge >= 0.3 is 6.03 Å². The van der Waals surface area contributed by atoms with Crippen LogP contribution in [0.3, 0.4) is 0 Å². The van der Waals surface area contributed by atoms with Crippen LogP contribution in [0.15, 0.2) is 54.6 Å². The van der Waals surface area contributed by atoms with Crippen molar-refractivity contribution >= 4 is 17.6 Å². The van der Waals surface area contributed by atoms with E-state index in [0.717, 1.165) is 5.75 Å². The van der Waals surface area contributed by atoms with Crippen molar-refractivity contribution in [3.05, 3.63) is 54.6 Å². The smallest absolute Gasteiger partial charge is 0.322 e. The Morgan fingerprint density at radius 1 is 1.04 bits per heavy atom. The number of likely N-dealkylation sites (N-methyl/N-ethyl adjacent to an activating group) is 1. The molecule has 0 spiro atoms. The van der Waals surface area contributed by atoms with Gasteiger partial charge in [-0.2, -0.15) is 0 Å². The summed E-state index contributed by atoms with van der Waals surface area (Å²) in [7, 11) is 3.14. The summed E-state index contributed by atoms with van der Waals surface area (Å²) in [5, 5.41) is 5.45. The van der Waals surface area contributed by atoms with Crippen LogP contribution in [0.5, 0.6) is 11.5 Å². The minimum absolute atomic E-state index is 0.209. The lowest BCUT2D eigenvalue weighted by Gasteiger charge is -2.23. The molecule has 27 heavy (non-hydrogen) atoms. The predicted octanol–water partition coefficient (Wildman–Crippen LogP) is 2.50. The van der Waals surface area contributed by atoms with Gasteiger partial charge in [-0.3, -0.25) is 4.79 Å². The third-order valence-corrected chi connectivity index (χ3v) is 4.46. The number of nitrogens with zero attached hydrogens (tertiary/aromatic N) is 1. The zero-order valence-electron chi connectivity index (χ0n) is 15.3. The molecule has 0 bridgehead atoms. The SMILES string of the molecule is CNC(=O)[C@H]1C[C@H](Oc2ccccc2)CN1C(=O)Nc1ccc(OC)cc1.